The van der Waals surface area contributed by atoms with E-state index in [4.69, 9.17) is 0 Å². The predicted octanol–water partition coefficient (Wildman–Crippen LogP) is 2.13. The van der Waals surface area contributed by atoms with Gasteiger partial charge in [-0.1, -0.05) is 6.07 Å². The third-order valence-electron chi connectivity index (χ3n) is 5.30. The summed E-state index contributed by atoms with van der Waals surface area (Å²) in [4.78, 5) is 43.6. The van der Waals surface area contributed by atoms with Crippen molar-refractivity contribution in [2.45, 2.75) is 13.5 Å². The Balaban J connectivity index is 1.48. The molecule has 1 fully saturated rings. The minimum atomic E-state index is -0.444. The number of hydrogen-bond acceptors (Lipinski definition) is 7. The first-order chi connectivity index (χ1) is 14.4. The number of hydrogen-bond donors (Lipinski definition) is 0. The predicted molar refractivity (Wildman–Crippen MR) is 112 cm³/mol. The smallest absolute Gasteiger partial charge is 0.293 e. The largest absolute Gasteiger partial charge is 0.363 e. The maximum Gasteiger partial charge on any atom is 0.293 e. The van der Waals surface area contributed by atoms with Gasteiger partial charge >= 0.3 is 0 Å². The first-order valence-electron chi connectivity index (χ1n) is 9.66. The standard InChI is InChI=1S/C21H21N5O4/c1-15(27)16-5-6-18(19(12-16)26(29)30)24-10-8-23(9-11-24)14-17-13-21(28)25-7-3-2-4-20(25)22-17/h2-7,12-13H,8-11,14H2,1H3. The average molecular weight is 407 g/mol. The summed E-state index contributed by atoms with van der Waals surface area (Å²) in [6.45, 7) is 4.51. The Kier molecular flexibility index (Phi) is 5.28. The average Bonchev–Trinajstić information content (AvgIpc) is 2.74. The highest BCUT2D eigenvalue weighted by Gasteiger charge is 2.25. The zero-order chi connectivity index (χ0) is 21.3. The van der Waals surface area contributed by atoms with Gasteiger partial charge in [0.2, 0.25) is 0 Å². The van der Waals surface area contributed by atoms with Gasteiger partial charge in [0.25, 0.3) is 11.2 Å². The fourth-order valence-electron chi connectivity index (χ4n) is 3.72. The van der Waals surface area contributed by atoms with Gasteiger partial charge in [-0.3, -0.25) is 29.0 Å². The molecular formula is C21H21N5O4. The number of pyridine rings is 1. The van der Waals surface area contributed by atoms with E-state index < -0.39 is 4.92 Å². The molecule has 0 radical (unpaired) electrons. The van der Waals surface area contributed by atoms with Crippen molar-refractivity contribution in [2.24, 2.45) is 0 Å². The van der Waals surface area contributed by atoms with E-state index >= 15 is 0 Å². The van der Waals surface area contributed by atoms with Gasteiger partial charge in [0.1, 0.15) is 11.3 Å². The molecule has 0 saturated carbocycles. The fourth-order valence-corrected chi connectivity index (χ4v) is 3.72. The summed E-state index contributed by atoms with van der Waals surface area (Å²) in [5, 5.41) is 11.5. The Morgan fingerprint density at radius 1 is 1.13 bits per heavy atom. The zero-order valence-corrected chi connectivity index (χ0v) is 16.5. The lowest BCUT2D eigenvalue weighted by molar-refractivity contribution is -0.384. The van der Waals surface area contributed by atoms with Crippen molar-refractivity contribution in [1.82, 2.24) is 14.3 Å². The van der Waals surface area contributed by atoms with Crippen LogP contribution in [0.15, 0.2) is 53.5 Å². The molecule has 1 aliphatic rings. The zero-order valence-electron chi connectivity index (χ0n) is 16.5. The van der Waals surface area contributed by atoms with Crippen LogP contribution in [0.1, 0.15) is 23.0 Å². The second-order valence-electron chi connectivity index (χ2n) is 7.29. The third-order valence-corrected chi connectivity index (χ3v) is 5.30. The summed E-state index contributed by atoms with van der Waals surface area (Å²) in [6.07, 6.45) is 1.69. The van der Waals surface area contributed by atoms with Crippen molar-refractivity contribution in [2.75, 3.05) is 31.1 Å². The van der Waals surface area contributed by atoms with Crippen LogP contribution in [-0.4, -0.2) is 51.2 Å². The number of aromatic nitrogens is 2. The normalized spacial score (nSPS) is 14.8. The van der Waals surface area contributed by atoms with E-state index in [9.17, 15) is 19.7 Å². The van der Waals surface area contributed by atoms with E-state index in [1.807, 2.05) is 11.0 Å². The quantitative estimate of drug-likeness (QED) is 0.363. The number of anilines is 1. The summed E-state index contributed by atoms with van der Waals surface area (Å²) < 4.78 is 1.51. The van der Waals surface area contributed by atoms with Gasteiger partial charge < -0.3 is 4.90 Å². The van der Waals surface area contributed by atoms with E-state index in [0.717, 1.165) is 0 Å². The number of benzene rings is 1. The lowest BCUT2D eigenvalue weighted by Gasteiger charge is -2.35. The number of nitrogens with zero attached hydrogens (tertiary/aromatic N) is 5. The van der Waals surface area contributed by atoms with E-state index in [1.165, 1.54) is 17.4 Å². The molecule has 4 rings (SSSR count). The lowest BCUT2D eigenvalue weighted by atomic mass is 10.1. The number of rotatable bonds is 5. The number of fused-ring (bicyclic) bond motifs is 1. The Morgan fingerprint density at radius 3 is 2.60 bits per heavy atom. The maximum atomic E-state index is 12.3. The SMILES string of the molecule is CC(=O)c1ccc(N2CCN(Cc3cc(=O)n4ccccc4n3)CC2)c([N+](=O)[O-])c1. The summed E-state index contributed by atoms with van der Waals surface area (Å²) in [5.74, 6) is -0.201. The number of nitro benzene ring substituents is 1. The van der Waals surface area contributed by atoms with Crippen molar-refractivity contribution in [3.05, 3.63) is 80.4 Å². The molecule has 1 saturated heterocycles. The highest BCUT2D eigenvalue weighted by Crippen LogP contribution is 2.30. The van der Waals surface area contributed by atoms with Gasteiger partial charge in [0.15, 0.2) is 5.78 Å². The molecule has 30 heavy (non-hydrogen) atoms. The van der Waals surface area contributed by atoms with Crippen LogP contribution in [0.4, 0.5) is 11.4 Å². The Bertz CT molecular complexity index is 1180. The van der Waals surface area contributed by atoms with Crippen LogP contribution < -0.4 is 10.5 Å². The summed E-state index contributed by atoms with van der Waals surface area (Å²) in [6, 6.07) is 11.6. The maximum absolute atomic E-state index is 12.3. The molecule has 3 aromatic rings. The molecule has 0 atom stereocenters. The first kappa shape index (κ1) is 19.7. The Labute approximate surface area is 172 Å². The van der Waals surface area contributed by atoms with E-state index in [1.54, 1.807) is 36.5 Å². The van der Waals surface area contributed by atoms with Crippen LogP contribution in [0.5, 0.6) is 0 Å². The molecule has 0 aliphatic carbocycles. The van der Waals surface area contributed by atoms with E-state index in [-0.39, 0.29) is 17.0 Å². The first-order valence-corrected chi connectivity index (χ1v) is 9.66. The molecule has 0 amide bonds. The molecule has 9 nitrogen and oxygen atoms in total. The summed E-state index contributed by atoms with van der Waals surface area (Å²) in [7, 11) is 0. The van der Waals surface area contributed by atoms with Gasteiger partial charge in [-0.25, -0.2) is 4.98 Å². The molecule has 1 aromatic carbocycles. The molecule has 0 spiro atoms. The monoisotopic (exact) mass is 407 g/mol. The number of carbonyl (C=O) groups is 1. The van der Waals surface area contributed by atoms with Crippen LogP contribution in [-0.2, 0) is 6.54 Å². The van der Waals surface area contributed by atoms with Crippen LogP contribution in [0, 0.1) is 10.1 Å². The van der Waals surface area contributed by atoms with Gasteiger partial charge in [-0.15, -0.1) is 0 Å². The van der Waals surface area contributed by atoms with Crippen LogP contribution in [0.3, 0.4) is 0 Å². The number of carbonyl (C=O) groups excluding carboxylic acids is 1. The molecule has 9 heteroatoms. The molecule has 3 heterocycles. The van der Waals surface area contributed by atoms with Crippen LogP contribution in [0.2, 0.25) is 0 Å². The van der Waals surface area contributed by atoms with Crippen molar-refractivity contribution in [1.29, 1.82) is 0 Å². The van der Waals surface area contributed by atoms with Gasteiger partial charge in [-0.05, 0) is 31.2 Å². The molecule has 0 N–H and O–H groups in total. The highest BCUT2D eigenvalue weighted by atomic mass is 16.6. The number of ketones is 1. The summed E-state index contributed by atoms with van der Waals surface area (Å²) in [5.41, 5.74) is 2.00. The summed E-state index contributed by atoms with van der Waals surface area (Å²) >= 11 is 0. The van der Waals surface area contributed by atoms with Crippen LogP contribution in [0.25, 0.3) is 5.65 Å². The van der Waals surface area contributed by atoms with Gasteiger partial charge in [0, 0.05) is 56.6 Å². The van der Waals surface area contributed by atoms with E-state index in [0.29, 0.717) is 55.3 Å². The molecular weight excluding hydrogens is 386 g/mol. The molecule has 0 unspecified atom stereocenters. The minimum Gasteiger partial charge on any atom is -0.363 e. The number of piperazine rings is 1. The number of Topliss-reactive ketones (excluding diaryl/α,β-unsaturated/α-hetero) is 1. The van der Waals surface area contributed by atoms with Gasteiger partial charge in [-0.2, -0.15) is 0 Å². The van der Waals surface area contributed by atoms with Crippen molar-refractivity contribution >= 4 is 22.8 Å². The second kappa shape index (κ2) is 8.03. The Morgan fingerprint density at radius 2 is 1.90 bits per heavy atom. The second-order valence-corrected chi connectivity index (χ2v) is 7.29. The lowest BCUT2D eigenvalue weighted by Crippen LogP contribution is -2.46. The van der Waals surface area contributed by atoms with E-state index in [2.05, 4.69) is 9.88 Å². The Hall–Kier alpha value is -3.59. The van der Waals surface area contributed by atoms with Crippen molar-refractivity contribution in [3.63, 3.8) is 0 Å². The molecule has 2 aromatic heterocycles. The topological polar surface area (TPSA) is 101 Å². The van der Waals surface area contributed by atoms with Crippen molar-refractivity contribution in [3.8, 4) is 0 Å². The fraction of sp³-hybridized carbons (Fsp3) is 0.286. The number of nitro groups is 1. The van der Waals surface area contributed by atoms with Gasteiger partial charge in [0.05, 0.1) is 10.6 Å². The minimum absolute atomic E-state index is 0.0552. The third kappa shape index (κ3) is 3.92. The van der Waals surface area contributed by atoms with Crippen LogP contribution >= 0.6 is 0 Å². The molecule has 154 valence electrons. The highest BCUT2D eigenvalue weighted by molar-refractivity contribution is 5.95. The molecule has 1 aliphatic heterocycles. The van der Waals surface area contributed by atoms with Crippen molar-refractivity contribution < 1.29 is 9.72 Å². The molecule has 0 bridgehead atoms.